The van der Waals surface area contributed by atoms with Gasteiger partial charge in [-0.05, 0) is 33.0 Å². The van der Waals surface area contributed by atoms with Crippen molar-refractivity contribution in [3.63, 3.8) is 0 Å². The van der Waals surface area contributed by atoms with Gasteiger partial charge in [0.1, 0.15) is 18.9 Å². The molecule has 0 bridgehead atoms. The molecule has 0 spiro atoms. The highest BCUT2D eigenvalue weighted by Crippen LogP contribution is 2.22. The maximum atomic E-state index is 10.7. The molecule has 21 heavy (non-hydrogen) atoms. The van der Waals surface area contributed by atoms with Gasteiger partial charge in [0.05, 0.1) is 18.8 Å². The second-order valence-electron chi connectivity index (χ2n) is 4.50. The molecule has 3 rings (SSSR count). The third-order valence-corrected chi connectivity index (χ3v) is 3.44. The van der Waals surface area contributed by atoms with Crippen LogP contribution >= 0.6 is 15.9 Å². The van der Waals surface area contributed by atoms with Crippen molar-refractivity contribution in [1.29, 1.82) is 0 Å². The minimum Gasteiger partial charge on any atom is -0.443 e. The quantitative estimate of drug-likeness (QED) is 0.615. The van der Waals surface area contributed by atoms with Crippen LogP contribution in [0.3, 0.4) is 0 Å². The second-order valence-corrected chi connectivity index (χ2v) is 5.42. The summed E-state index contributed by atoms with van der Waals surface area (Å²) in [5.74, 6) is -0.222. The molecule has 1 aliphatic heterocycles. The molecule has 0 unspecified atom stereocenters. The number of aromatic nitrogens is 3. The molecule has 0 fully saturated rings. The third-order valence-electron chi connectivity index (χ3n) is 2.97. The number of pyridine rings is 1. The number of imidazole rings is 1. The Morgan fingerprint density at radius 2 is 2.43 bits per heavy atom. The zero-order valence-electron chi connectivity index (χ0n) is 10.8. The number of ether oxygens (including phenoxy) is 2. The van der Waals surface area contributed by atoms with Crippen LogP contribution in [0.15, 0.2) is 29.0 Å². The van der Waals surface area contributed by atoms with E-state index in [1.54, 1.807) is 10.8 Å². The molecule has 0 amide bonds. The Labute approximate surface area is 128 Å². The van der Waals surface area contributed by atoms with Crippen LogP contribution < -0.4 is 4.74 Å². The van der Waals surface area contributed by atoms with E-state index in [1.807, 2.05) is 12.1 Å². The summed E-state index contributed by atoms with van der Waals surface area (Å²) < 4.78 is 13.6. The monoisotopic (exact) mass is 354 g/mol. The van der Waals surface area contributed by atoms with Gasteiger partial charge >= 0.3 is 11.8 Å². The molecule has 2 aromatic rings. The highest BCUT2D eigenvalue weighted by Gasteiger charge is 2.28. The van der Waals surface area contributed by atoms with E-state index >= 15 is 0 Å². The van der Waals surface area contributed by atoms with Gasteiger partial charge in [-0.1, -0.05) is 0 Å². The lowest BCUT2D eigenvalue weighted by atomic mass is 10.3. The first-order valence-electron chi connectivity index (χ1n) is 6.18. The second kappa shape index (κ2) is 5.78. The predicted molar refractivity (Wildman–Crippen MR) is 74.9 cm³/mol. The van der Waals surface area contributed by atoms with Gasteiger partial charge in [0.25, 0.3) is 0 Å². The van der Waals surface area contributed by atoms with Crippen LogP contribution in [0.2, 0.25) is 0 Å². The molecule has 0 saturated carbocycles. The summed E-state index contributed by atoms with van der Waals surface area (Å²) in [6.45, 7) is 1.13. The van der Waals surface area contributed by atoms with E-state index in [0.29, 0.717) is 19.8 Å². The van der Waals surface area contributed by atoms with Crippen molar-refractivity contribution in [1.82, 2.24) is 14.5 Å². The Morgan fingerprint density at radius 1 is 1.57 bits per heavy atom. The zero-order valence-corrected chi connectivity index (χ0v) is 12.4. The maximum absolute atomic E-state index is 10.7. The number of nitrogens with zero attached hydrogens (tertiary/aromatic N) is 4. The maximum Gasteiger partial charge on any atom is 0.414 e. The number of halogens is 1. The Bertz CT molecular complexity index is 658. The van der Waals surface area contributed by atoms with Crippen LogP contribution in [0.4, 0.5) is 5.82 Å². The normalized spacial score (nSPS) is 17.1. The molecule has 0 N–H and O–H groups in total. The Balaban J connectivity index is 1.61. The number of rotatable bonds is 4. The van der Waals surface area contributed by atoms with Crippen LogP contribution in [0.1, 0.15) is 5.69 Å². The van der Waals surface area contributed by atoms with Crippen LogP contribution in [-0.4, -0.2) is 32.2 Å². The highest BCUT2D eigenvalue weighted by molar-refractivity contribution is 9.10. The summed E-state index contributed by atoms with van der Waals surface area (Å²) >= 11 is 3.32. The third kappa shape index (κ3) is 3.19. The lowest BCUT2D eigenvalue weighted by Crippen LogP contribution is -2.32. The van der Waals surface area contributed by atoms with Crippen molar-refractivity contribution in [2.24, 2.45) is 0 Å². The van der Waals surface area contributed by atoms with Gasteiger partial charge < -0.3 is 19.6 Å². The molecular weight excluding hydrogens is 344 g/mol. The van der Waals surface area contributed by atoms with Gasteiger partial charge in [-0.25, -0.2) is 0 Å². The molecule has 1 atom stereocenters. The van der Waals surface area contributed by atoms with E-state index in [9.17, 15) is 10.1 Å². The SMILES string of the molecule is O=[N+]([O-])c1cn2c(n1)OC[C@@H](OCc1ccc(Br)cn1)C2. The molecule has 0 radical (unpaired) electrons. The van der Waals surface area contributed by atoms with Crippen molar-refractivity contribution >= 4 is 21.7 Å². The molecule has 8 nitrogen and oxygen atoms in total. The smallest absolute Gasteiger partial charge is 0.414 e. The van der Waals surface area contributed by atoms with Crippen LogP contribution in [-0.2, 0) is 17.9 Å². The fraction of sp³-hybridized carbons (Fsp3) is 0.333. The number of hydrogen-bond acceptors (Lipinski definition) is 6. The van der Waals surface area contributed by atoms with E-state index in [4.69, 9.17) is 9.47 Å². The van der Waals surface area contributed by atoms with Crippen molar-refractivity contribution in [2.45, 2.75) is 19.3 Å². The minimum atomic E-state index is -0.545. The minimum absolute atomic E-state index is 0.197. The summed E-state index contributed by atoms with van der Waals surface area (Å²) in [6, 6.07) is 4.00. The average molecular weight is 355 g/mol. The molecule has 0 aliphatic carbocycles. The van der Waals surface area contributed by atoms with Gasteiger partial charge in [0.2, 0.25) is 0 Å². The molecule has 3 heterocycles. The average Bonchev–Trinajstić information content (AvgIpc) is 2.90. The van der Waals surface area contributed by atoms with Gasteiger partial charge in [-0.15, -0.1) is 0 Å². The van der Waals surface area contributed by atoms with E-state index in [-0.39, 0.29) is 17.9 Å². The van der Waals surface area contributed by atoms with Crippen LogP contribution in [0, 0.1) is 10.1 Å². The standard InChI is InChI=1S/C12H11BrN4O4/c13-8-1-2-9(14-3-8)6-20-10-4-16-5-11(17(18)19)15-12(16)21-7-10/h1-3,5,10H,4,6-7H2/t10-/m0/s1. The fourth-order valence-electron chi connectivity index (χ4n) is 1.96. The summed E-state index contributed by atoms with van der Waals surface area (Å²) in [7, 11) is 0. The first kappa shape index (κ1) is 14.0. The van der Waals surface area contributed by atoms with Crippen LogP contribution in [0.25, 0.3) is 0 Å². The van der Waals surface area contributed by atoms with E-state index in [2.05, 4.69) is 25.9 Å². The Kier molecular flexibility index (Phi) is 3.84. The van der Waals surface area contributed by atoms with Crippen molar-refractivity contribution in [2.75, 3.05) is 6.61 Å². The highest BCUT2D eigenvalue weighted by atomic mass is 79.9. The lowest BCUT2D eigenvalue weighted by Gasteiger charge is -2.22. The predicted octanol–water partition coefficient (Wildman–Crippen LogP) is 1.93. The van der Waals surface area contributed by atoms with E-state index < -0.39 is 4.92 Å². The first-order chi connectivity index (χ1) is 10.1. The lowest BCUT2D eigenvalue weighted by molar-refractivity contribution is -0.389. The molecule has 0 saturated heterocycles. The van der Waals surface area contributed by atoms with Crippen molar-refractivity contribution in [3.8, 4) is 6.01 Å². The first-order valence-corrected chi connectivity index (χ1v) is 6.97. The number of nitro groups is 1. The largest absolute Gasteiger partial charge is 0.443 e. The summed E-state index contributed by atoms with van der Waals surface area (Å²) in [5.41, 5.74) is 0.806. The molecule has 0 aromatic carbocycles. The summed E-state index contributed by atoms with van der Waals surface area (Å²) in [6.07, 6.45) is 2.85. The Hall–Kier alpha value is -2.00. The van der Waals surface area contributed by atoms with Gasteiger partial charge in [0, 0.05) is 15.7 Å². The summed E-state index contributed by atoms with van der Waals surface area (Å²) in [5, 5.41) is 10.7. The van der Waals surface area contributed by atoms with E-state index in [1.165, 1.54) is 6.20 Å². The summed E-state index contributed by atoms with van der Waals surface area (Å²) in [4.78, 5) is 18.1. The molecular formula is C12H11BrN4O4. The number of fused-ring (bicyclic) bond motifs is 1. The van der Waals surface area contributed by atoms with Gasteiger partial charge in [-0.3, -0.25) is 9.55 Å². The fourth-order valence-corrected chi connectivity index (χ4v) is 2.19. The van der Waals surface area contributed by atoms with Crippen molar-refractivity contribution < 1.29 is 14.4 Å². The molecule has 110 valence electrons. The van der Waals surface area contributed by atoms with Crippen LogP contribution in [0.5, 0.6) is 6.01 Å². The van der Waals surface area contributed by atoms with Crippen molar-refractivity contribution in [3.05, 3.63) is 44.8 Å². The molecule has 9 heteroatoms. The topological polar surface area (TPSA) is 92.3 Å². The van der Waals surface area contributed by atoms with E-state index in [0.717, 1.165) is 10.2 Å². The number of hydrogen-bond donors (Lipinski definition) is 0. The molecule has 1 aliphatic rings. The van der Waals surface area contributed by atoms with Gasteiger partial charge in [-0.2, -0.15) is 0 Å². The zero-order chi connectivity index (χ0) is 14.8. The molecule has 2 aromatic heterocycles. The van der Waals surface area contributed by atoms with Gasteiger partial charge in [0.15, 0.2) is 0 Å². The Morgan fingerprint density at radius 3 is 3.14 bits per heavy atom.